The van der Waals surface area contributed by atoms with Crippen molar-refractivity contribution in [3.05, 3.63) is 40.9 Å². The quantitative estimate of drug-likeness (QED) is 0.927. The van der Waals surface area contributed by atoms with Crippen LogP contribution in [0.15, 0.2) is 29.6 Å². The van der Waals surface area contributed by atoms with Gasteiger partial charge in [-0.05, 0) is 38.7 Å². The zero-order chi connectivity index (χ0) is 17.1. The van der Waals surface area contributed by atoms with Gasteiger partial charge in [-0.15, -0.1) is 11.3 Å². The number of aryl methyl sites for hydroxylation is 1. The van der Waals surface area contributed by atoms with E-state index < -0.39 is 0 Å². The van der Waals surface area contributed by atoms with E-state index >= 15 is 0 Å². The molecule has 1 aliphatic heterocycles. The third-order valence-corrected chi connectivity index (χ3v) is 5.64. The lowest BCUT2D eigenvalue weighted by atomic mass is 9.92. The van der Waals surface area contributed by atoms with Crippen LogP contribution in [0.2, 0.25) is 0 Å². The standard InChI is InChI=1S/C19H25N3OS/c1-13-5-3-6-15(9-13)19-21-17(12-24-19)10-18(23)22-8-4-7-16(11-22)14(2)20/h3,5-6,9,12,14,16H,4,7-8,10-11,20H2,1-2H3. The van der Waals surface area contributed by atoms with Crippen molar-refractivity contribution >= 4 is 17.2 Å². The number of amides is 1. The van der Waals surface area contributed by atoms with Crippen molar-refractivity contribution in [3.8, 4) is 10.6 Å². The first-order chi connectivity index (χ1) is 11.5. The smallest absolute Gasteiger partial charge is 0.228 e. The summed E-state index contributed by atoms with van der Waals surface area (Å²) in [5.74, 6) is 0.586. The fourth-order valence-electron chi connectivity index (χ4n) is 3.23. The van der Waals surface area contributed by atoms with Gasteiger partial charge in [-0.2, -0.15) is 0 Å². The molecule has 2 heterocycles. The normalized spacial score (nSPS) is 19.3. The molecule has 0 radical (unpaired) electrons. The molecule has 3 rings (SSSR count). The molecule has 1 amide bonds. The summed E-state index contributed by atoms with van der Waals surface area (Å²) >= 11 is 1.60. The first kappa shape index (κ1) is 17.1. The molecule has 0 spiro atoms. The van der Waals surface area contributed by atoms with Crippen LogP contribution in [0.3, 0.4) is 0 Å². The number of likely N-dealkylation sites (tertiary alicyclic amines) is 1. The molecule has 128 valence electrons. The van der Waals surface area contributed by atoms with Crippen LogP contribution < -0.4 is 5.73 Å². The van der Waals surface area contributed by atoms with Crippen LogP contribution in [0.25, 0.3) is 10.6 Å². The summed E-state index contributed by atoms with van der Waals surface area (Å²) in [7, 11) is 0. The van der Waals surface area contributed by atoms with Crippen molar-refractivity contribution in [1.29, 1.82) is 0 Å². The van der Waals surface area contributed by atoms with Gasteiger partial charge in [0.15, 0.2) is 0 Å². The highest BCUT2D eigenvalue weighted by Crippen LogP contribution is 2.25. The van der Waals surface area contributed by atoms with Gasteiger partial charge in [0, 0.05) is 30.1 Å². The van der Waals surface area contributed by atoms with Crippen LogP contribution in [-0.4, -0.2) is 34.9 Å². The van der Waals surface area contributed by atoms with E-state index in [4.69, 9.17) is 5.73 Å². The number of hydrogen-bond acceptors (Lipinski definition) is 4. The number of aromatic nitrogens is 1. The van der Waals surface area contributed by atoms with Gasteiger partial charge in [-0.3, -0.25) is 4.79 Å². The minimum absolute atomic E-state index is 0.146. The monoisotopic (exact) mass is 343 g/mol. The molecule has 0 saturated carbocycles. The maximum Gasteiger partial charge on any atom is 0.228 e. The van der Waals surface area contributed by atoms with Gasteiger partial charge in [0.05, 0.1) is 12.1 Å². The molecule has 1 saturated heterocycles. The van der Waals surface area contributed by atoms with Crippen molar-refractivity contribution in [2.75, 3.05) is 13.1 Å². The number of carbonyl (C=O) groups excluding carboxylic acids is 1. The molecule has 1 aliphatic rings. The molecule has 0 aliphatic carbocycles. The molecule has 1 aromatic heterocycles. The first-order valence-electron chi connectivity index (χ1n) is 8.57. The number of benzene rings is 1. The highest BCUT2D eigenvalue weighted by Gasteiger charge is 2.26. The lowest BCUT2D eigenvalue weighted by molar-refractivity contribution is -0.132. The lowest BCUT2D eigenvalue weighted by Gasteiger charge is -2.34. The first-order valence-corrected chi connectivity index (χ1v) is 9.45. The van der Waals surface area contributed by atoms with E-state index in [1.54, 1.807) is 11.3 Å². The Hall–Kier alpha value is -1.72. The van der Waals surface area contributed by atoms with Gasteiger partial charge in [-0.1, -0.05) is 23.8 Å². The Kier molecular flexibility index (Phi) is 5.31. The van der Waals surface area contributed by atoms with Crippen molar-refractivity contribution in [2.45, 2.75) is 39.2 Å². The number of piperidine rings is 1. The molecular formula is C19H25N3OS. The van der Waals surface area contributed by atoms with E-state index in [1.807, 2.05) is 23.3 Å². The Morgan fingerprint density at radius 1 is 1.50 bits per heavy atom. The van der Waals surface area contributed by atoms with E-state index in [9.17, 15) is 4.79 Å². The third kappa shape index (κ3) is 4.02. The van der Waals surface area contributed by atoms with Gasteiger partial charge in [-0.25, -0.2) is 4.98 Å². The van der Waals surface area contributed by atoms with Crippen LogP contribution >= 0.6 is 11.3 Å². The molecular weight excluding hydrogens is 318 g/mol. The minimum atomic E-state index is 0.146. The van der Waals surface area contributed by atoms with Gasteiger partial charge in [0.25, 0.3) is 0 Å². The van der Waals surface area contributed by atoms with Crippen molar-refractivity contribution in [2.24, 2.45) is 11.7 Å². The Morgan fingerprint density at radius 3 is 3.08 bits per heavy atom. The van der Waals surface area contributed by atoms with E-state index in [1.165, 1.54) is 5.56 Å². The summed E-state index contributed by atoms with van der Waals surface area (Å²) in [4.78, 5) is 19.2. The highest BCUT2D eigenvalue weighted by molar-refractivity contribution is 7.13. The highest BCUT2D eigenvalue weighted by atomic mass is 32.1. The van der Waals surface area contributed by atoms with Crippen molar-refractivity contribution in [3.63, 3.8) is 0 Å². The summed E-state index contributed by atoms with van der Waals surface area (Å²) in [6.07, 6.45) is 2.55. The number of nitrogens with two attached hydrogens (primary N) is 1. The second-order valence-electron chi connectivity index (χ2n) is 6.79. The van der Waals surface area contributed by atoms with Gasteiger partial charge < -0.3 is 10.6 Å². The summed E-state index contributed by atoms with van der Waals surface area (Å²) in [6.45, 7) is 5.74. The van der Waals surface area contributed by atoms with Crippen LogP contribution in [0, 0.1) is 12.8 Å². The van der Waals surface area contributed by atoms with Gasteiger partial charge in [0.1, 0.15) is 5.01 Å². The summed E-state index contributed by atoms with van der Waals surface area (Å²) in [6, 6.07) is 8.45. The molecule has 4 nitrogen and oxygen atoms in total. The fraction of sp³-hybridized carbons (Fsp3) is 0.474. The Balaban J connectivity index is 1.65. The Labute approximate surface area is 147 Å². The second-order valence-corrected chi connectivity index (χ2v) is 7.65. The van der Waals surface area contributed by atoms with E-state index in [0.29, 0.717) is 12.3 Å². The number of rotatable bonds is 4. The Bertz CT molecular complexity index is 710. The molecule has 2 unspecified atom stereocenters. The second kappa shape index (κ2) is 7.45. The largest absolute Gasteiger partial charge is 0.342 e. The number of carbonyl (C=O) groups is 1. The van der Waals surface area contributed by atoms with Crippen LogP contribution in [-0.2, 0) is 11.2 Å². The summed E-state index contributed by atoms with van der Waals surface area (Å²) in [5, 5.41) is 2.98. The van der Waals surface area contributed by atoms with Gasteiger partial charge >= 0.3 is 0 Å². The SMILES string of the molecule is Cc1cccc(-c2nc(CC(=O)N3CCCC(C(C)N)C3)cs2)c1. The molecule has 5 heteroatoms. The minimum Gasteiger partial charge on any atom is -0.342 e. The molecule has 24 heavy (non-hydrogen) atoms. The number of hydrogen-bond donors (Lipinski definition) is 1. The Morgan fingerprint density at radius 2 is 2.33 bits per heavy atom. The summed E-state index contributed by atoms with van der Waals surface area (Å²) in [5.41, 5.74) is 9.22. The predicted octanol–water partition coefficient (Wildman–Crippen LogP) is 3.25. The van der Waals surface area contributed by atoms with Crippen LogP contribution in [0.1, 0.15) is 31.0 Å². The predicted molar refractivity (Wildman–Crippen MR) is 98.9 cm³/mol. The molecule has 2 N–H and O–H groups in total. The fourth-order valence-corrected chi connectivity index (χ4v) is 4.05. The average molecular weight is 343 g/mol. The van der Waals surface area contributed by atoms with Crippen molar-refractivity contribution in [1.82, 2.24) is 9.88 Å². The molecule has 2 aromatic rings. The van der Waals surface area contributed by atoms with Crippen LogP contribution in [0.4, 0.5) is 0 Å². The molecule has 1 fully saturated rings. The number of thiazole rings is 1. The van der Waals surface area contributed by atoms with Crippen molar-refractivity contribution < 1.29 is 4.79 Å². The lowest BCUT2D eigenvalue weighted by Crippen LogP contribution is -2.45. The number of nitrogens with zero attached hydrogens (tertiary/aromatic N) is 2. The van der Waals surface area contributed by atoms with Crippen LogP contribution in [0.5, 0.6) is 0 Å². The molecule has 0 bridgehead atoms. The third-order valence-electron chi connectivity index (χ3n) is 4.70. The average Bonchev–Trinajstić information content (AvgIpc) is 3.03. The van der Waals surface area contributed by atoms with E-state index in [2.05, 4.69) is 30.1 Å². The summed E-state index contributed by atoms with van der Waals surface area (Å²) < 4.78 is 0. The zero-order valence-electron chi connectivity index (χ0n) is 14.4. The van der Waals surface area contributed by atoms with E-state index in [-0.39, 0.29) is 11.9 Å². The maximum atomic E-state index is 12.6. The molecule has 2 atom stereocenters. The molecule has 1 aromatic carbocycles. The van der Waals surface area contributed by atoms with E-state index in [0.717, 1.165) is 42.2 Å². The zero-order valence-corrected chi connectivity index (χ0v) is 15.2. The maximum absolute atomic E-state index is 12.6. The topological polar surface area (TPSA) is 59.2 Å². The van der Waals surface area contributed by atoms with Gasteiger partial charge in [0.2, 0.25) is 5.91 Å².